The fraction of sp³-hybridized carbons (Fsp3) is 0.357. The Kier molecular flexibility index (Phi) is 3.94. The Morgan fingerprint density at radius 1 is 1.47 bits per heavy atom. The number of nitrogens with zero attached hydrogens (tertiary/aromatic N) is 1. The summed E-state index contributed by atoms with van der Waals surface area (Å²) in [5.41, 5.74) is 0.634. The van der Waals surface area contributed by atoms with Gasteiger partial charge in [0.05, 0.1) is 4.92 Å². The Labute approximate surface area is 111 Å². The number of nitrogens with one attached hydrogen (secondary N) is 1. The van der Waals surface area contributed by atoms with Crippen molar-refractivity contribution >= 4 is 11.6 Å². The van der Waals surface area contributed by atoms with Crippen molar-refractivity contribution in [3.05, 3.63) is 51.6 Å². The van der Waals surface area contributed by atoms with Crippen molar-refractivity contribution in [2.24, 2.45) is 0 Å². The van der Waals surface area contributed by atoms with Crippen LogP contribution in [0.25, 0.3) is 0 Å². The van der Waals surface area contributed by atoms with E-state index in [2.05, 4.69) is 5.32 Å². The molecule has 0 saturated carbocycles. The average Bonchev–Trinajstić information content (AvgIpc) is 2.39. The average molecular weight is 260 g/mol. The third kappa shape index (κ3) is 2.99. The molecular weight excluding hydrogens is 244 g/mol. The predicted octanol–water partition coefficient (Wildman–Crippen LogP) is 2.74. The molecular formula is C14H16N2O3. The summed E-state index contributed by atoms with van der Waals surface area (Å²) in [6.45, 7) is 1.71. The van der Waals surface area contributed by atoms with E-state index in [0.29, 0.717) is 5.56 Å². The quantitative estimate of drug-likeness (QED) is 0.516. The van der Waals surface area contributed by atoms with E-state index in [-0.39, 0.29) is 23.2 Å². The Morgan fingerprint density at radius 3 is 2.89 bits per heavy atom. The molecule has 100 valence electrons. The first kappa shape index (κ1) is 13.3. The molecule has 0 saturated heterocycles. The van der Waals surface area contributed by atoms with Crippen molar-refractivity contribution in [2.75, 3.05) is 0 Å². The Balaban J connectivity index is 2.25. The number of carbonyl (C=O) groups excluding carboxylic acids is 1. The number of carbonyl (C=O) groups is 1. The van der Waals surface area contributed by atoms with Gasteiger partial charge in [-0.05, 0) is 31.7 Å². The van der Waals surface area contributed by atoms with Gasteiger partial charge in [-0.2, -0.15) is 0 Å². The van der Waals surface area contributed by atoms with Crippen molar-refractivity contribution in [1.29, 1.82) is 0 Å². The lowest BCUT2D eigenvalue weighted by Crippen LogP contribution is -2.35. The van der Waals surface area contributed by atoms with Crippen LogP contribution in [-0.4, -0.2) is 16.9 Å². The van der Waals surface area contributed by atoms with Crippen LogP contribution < -0.4 is 5.32 Å². The number of nitro groups is 1. The molecule has 1 aromatic rings. The number of allylic oxidation sites excluding steroid dienone is 1. The van der Waals surface area contributed by atoms with Crippen molar-refractivity contribution in [1.82, 2.24) is 5.32 Å². The van der Waals surface area contributed by atoms with Crippen molar-refractivity contribution in [3.8, 4) is 0 Å². The number of hydrogen-bond acceptors (Lipinski definition) is 3. The van der Waals surface area contributed by atoms with Gasteiger partial charge >= 0.3 is 0 Å². The second-order valence-corrected chi connectivity index (χ2v) is 4.67. The van der Waals surface area contributed by atoms with Crippen LogP contribution in [0.2, 0.25) is 0 Å². The molecule has 1 aromatic carbocycles. The van der Waals surface area contributed by atoms with E-state index in [0.717, 1.165) is 19.3 Å². The first-order valence-corrected chi connectivity index (χ1v) is 6.31. The van der Waals surface area contributed by atoms with E-state index in [4.69, 9.17) is 0 Å². The minimum atomic E-state index is -0.515. The second kappa shape index (κ2) is 5.65. The monoisotopic (exact) mass is 260 g/mol. The highest BCUT2D eigenvalue weighted by atomic mass is 16.6. The minimum Gasteiger partial charge on any atom is -0.346 e. The first-order valence-electron chi connectivity index (χ1n) is 6.31. The zero-order valence-electron chi connectivity index (χ0n) is 10.8. The molecule has 1 aliphatic carbocycles. The van der Waals surface area contributed by atoms with Crippen LogP contribution in [0.5, 0.6) is 0 Å². The summed E-state index contributed by atoms with van der Waals surface area (Å²) in [7, 11) is 0. The van der Waals surface area contributed by atoms with Gasteiger partial charge in [-0.15, -0.1) is 0 Å². The van der Waals surface area contributed by atoms with Gasteiger partial charge in [0, 0.05) is 12.1 Å². The molecule has 0 aliphatic heterocycles. The SMILES string of the molecule is Cc1cccc([N+](=O)[O-])c1C(=O)N[C@@H]1C=CCCC1. The zero-order valence-corrected chi connectivity index (χ0v) is 10.8. The maximum Gasteiger partial charge on any atom is 0.282 e. The van der Waals surface area contributed by atoms with Crippen molar-refractivity contribution < 1.29 is 9.72 Å². The number of aryl methyl sites for hydroxylation is 1. The normalized spacial score (nSPS) is 18.1. The van der Waals surface area contributed by atoms with Gasteiger partial charge in [-0.25, -0.2) is 0 Å². The molecule has 0 aromatic heterocycles. The first-order chi connectivity index (χ1) is 9.09. The van der Waals surface area contributed by atoms with Gasteiger partial charge < -0.3 is 5.32 Å². The minimum absolute atomic E-state index is 0.0274. The highest BCUT2D eigenvalue weighted by Gasteiger charge is 2.23. The molecule has 19 heavy (non-hydrogen) atoms. The van der Waals surface area contributed by atoms with E-state index in [9.17, 15) is 14.9 Å². The molecule has 0 spiro atoms. The Hall–Kier alpha value is -2.17. The van der Waals surface area contributed by atoms with Crippen LogP contribution in [0.3, 0.4) is 0 Å². The van der Waals surface area contributed by atoms with Gasteiger partial charge in [-0.1, -0.05) is 24.3 Å². The number of amides is 1. The molecule has 0 radical (unpaired) electrons. The molecule has 1 atom stereocenters. The van der Waals surface area contributed by atoms with Crippen molar-refractivity contribution in [3.63, 3.8) is 0 Å². The fourth-order valence-electron chi connectivity index (χ4n) is 2.27. The predicted molar refractivity (Wildman–Crippen MR) is 72.1 cm³/mol. The number of hydrogen-bond donors (Lipinski definition) is 1. The summed E-state index contributed by atoms with van der Waals surface area (Å²) < 4.78 is 0. The van der Waals surface area contributed by atoms with Gasteiger partial charge in [-0.3, -0.25) is 14.9 Å². The Morgan fingerprint density at radius 2 is 2.26 bits per heavy atom. The number of benzene rings is 1. The van der Waals surface area contributed by atoms with E-state index >= 15 is 0 Å². The summed E-state index contributed by atoms with van der Waals surface area (Å²) >= 11 is 0. The summed E-state index contributed by atoms with van der Waals surface area (Å²) in [5, 5.41) is 13.8. The molecule has 1 amide bonds. The molecule has 1 N–H and O–H groups in total. The third-order valence-electron chi connectivity index (χ3n) is 3.25. The lowest BCUT2D eigenvalue weighted by atomic mass is 10.0. The van der Waals surface area contributed by atoms with E-state index < -0.39 is 4.92 Å². The van der Waals surface area contributed by atoms with Gasteiger partial charge in [0.25, 0.3) is 11.6 Å². The molecule has 5 heteroatoms. The van der Waals surface area contributed by atoms with Crippen LogP contribution in [0.1, 0.15) is 35.2 Å². The highest BCUT2D eigenvalue weighted by Crippen LogP contribution is 2.22. The van der Waals surface area contributed by atoms with Crippen LogP contribution in [0.15, 0.2) is 30.4 Å². The smallest absolute Gasteiger partial charge is 0.282 e. The molecule has 0 heterocycles. The summed E-state index contributed by atoms with van der Waals surface area (Å²) in [6.07, 6.45) is 6.91. The van der Waals surface area contributed by atoms with E-state index in [1.165, 1.54) is 6.07 Å². The highest BCUT2D eigenvalue weighted by molar-refractivity contribution is 5.99. The van der Waals surface area contributed by atoms with Crippen molar-refractivity contribution in [2.45, 2.75) is 32.2 Å². The zero-order chi connectivity index (χ0) is 13.8. The molecule has 1 aliphatic rings. The Bertz CT molecular complexity index is 537. The molecule has 5 nitrogen and oxygen atoms in total. The molecule has 0 unspecified atom stereocenters. The lowest BCUT2D eigenvalue weighted by molar-refractivity contribution is -0.385. The van der Waals surface area contributed by atoms with Crippen LogP contribution in [-0.2, 0) is 0 Å². The molecule has 0 bridgehead atoms. The maximum atomic E-state index is 12.2. The fourth-order valence-corrected chi connectivity index (χ4v) is 2.27. The maximum absolute atomic E-state index is 12.2. The number of rotatable bonds is 3. The van der Waals surface area contributed by atoms with Gasteiger partial charge in [0.2, 0.25) is 0 Å². The van der Waals surface area contributed by atoms with Gasteiger partial charge in [0.15, 0.2) is 0 Å². The standard InChI is InChI=1S/C14H16N2O3/c1-10-6-5-9-12(16(18)19)13(10)14(17)15-11-7-3-2-4-8-11/h3,5-7,9,11H,2,4,8H2,1H3,(H,15,17)/t11-/m1/s1. The van der Waals surface area contributed by atoms with Crippen LogP contribution >= 0.6 is 0 Å². The summed E-state index contributed by atoms with van der Waals surface area (Å²) in [4.78, 5) is 22.7. The summed E-state index contributed by atoms with van der Waals surface area (Å²) in [5.74, 6) is -0.374. The van der Waals surface area contributed by atoms with Crippen LogP contribution in [0, 0.1) is 17.0 Å². The molecule has 0 fully saturated rings. The summed E-state index contributed by atoms with van der Waals surface area (Å²) in [6, 6.07) is 4.63. The van der Waals surface area contributed by atoms with Crippen LogP contribution in [0.4, 0.5) is 5.69 Å². The van der Waals surface area contributed by atoms with E-state index in [1.54, 1.807) is 19.1 Å². The topological polar surface area (TPSA) is 72.2 Å². The lowest BCUT2D eigenvalue weighted by Gasteiger charge is -2.18. The second-order valence-electron chi connectivity index (χ2n) is 4.67. The van der Waals surface area contributed by atoms with Gasteiger partial charge in [0.1, 0.15) is 5.56 Å². The van der Waals surface area contributed by atoms with E-state index in [1.807, 2.05) is 12.2 Å². The largest absolute Gasteiger partial charge is 0.346 e. The third-order valence-corrected chi connectivity index (χ3v) is 3.25. The molecule has 2 rings (SSSR count). The number of nitro benzene ring substituents is 1.